The van der Waals surface area contributed by atoms with Gasteiger partial charge in [-0.1, -0.05) is 12.1 Å². The lowest BCUT2D eigenvalue weighted by atomic mass is 9.84. The van der Waals surface area contributed by atoms with Crippen molar-refractivity contribution in [3.05, 3.63) is 35.5 Å². The third-order valence-corrected chi connectivity index (χ3v) is 4.05. The van der Waals surface area contributed by atoms with Crippen molar-refractivity contribution in [2.75, 3.05) is 12.3 Å². The summed E-state index contributed by atoms with van der Waals surface area (Å²) in [5.41, 5.74) is 17.4. The molecule has 3 rings (SSSR count). The number of hydrogen-bond acceptors (Lipinski definition) is 3. The third kappa shape index (κ3) is 2.02. The maximum Gasteiger partial charge on any atom is 0.0961 e. The zero-order chi connectivity index (χ0) is 13.4. The van der Waals surface area contributed by atoms with Crippen LogP contribution in [0, 0.1) is 0 Å². The van der Waals surface area contributed by atoms with Crippen molar-refractivity contribution in [1.82, 2.24) is 9.78 Å². The normalized spacial score (nSPS) is 18.3. The van der Waals surface area contributed by atoms with Gasteiger partial charge in [-0.3, -0.25) is 4.68 Å². The second-order valence-corrected chi connectivity index (χ2v) is 5.28. The minimum atomic E-state index is 0.435. The van der Waals surface area contributed by atoms with E-state index in [1.54, 1.807) is 0 Å². The summed E-state index contributed by atoms with van der Waals surface area (Å²) in [5, 5.41) is 4.71. The van der Waals surface area contributed by atoms with Gasteiger partial charge in [-0.15, -0.1) is 0 Å². The monoisotopic (exact) mass is 256 g/mol. The van der Waals surface area contributed by atoms with E-state index in [0.717, 1.165) is 29.8 Å². The number of nitrogens with zero attached hydrogens (tertiary/aromatic N) is 2. The van der Waals surface area contributed by atoms with Gasteiger partial charge in [-0.05, 0) is 37.9 Å². The molecule has 1 aromatic carbocycles. The van der Waals surface area contributed by atoms with E-state index in [0.29, 0.717) is 12.5 Å². The third-order valence-electron chi connectivity index (χ3n) is 4.05. The molecule has 4 heteroatoms. The Bertz CT molecular complexity index is 583. The minimum Gasteiger partial charge on any atom is -0.399 e. The molecular formula is C15H20N4. The van der Waals surface area contributed by atoms with Gasteiger partial charge in [0.1, 0.15) is 0 Å². The molecule has 2 aromatic rings. The number of anilines is 1. The van der Waals surface area contributed by atoms with Crippen molar-refractivity contribution < 1.29 is 0 Å². The van der Waals surface area contributed by atoms with Crippen molar-refractivity contribution in [3.63, 3.8) is 0 Å². The summed E-state index contributed by atoms with van der Waals surface area (Å²) in [4.78, 5) is 0. The van der Waals surface area contributed by atoms with Gasteiger partial charge in [0, 0.05) is 35.5 Å². The smallest absolute Gasteiger partial charge is 0.0961 e. The molecule has 1 aliphatic carbocycles. The van der Waals surface area contributed by atoms with E-state index >= 15 is 0 Å². The zero-order valence-corrected chi connectivity index (χ0v) is 11.3. The standard InChI is InChI=1S/C15H20N4/c1-19-13-4-2-3-11(9-16)14(13)15(18-19)10-5-7-12(17)8-6-10/h5-8,11H,2-4,9,16-17H2,1H3. The summed E-state index contributed by atoms with van der Waals surface area (Å²) in [6.07, 6.45) is 3.47. The lowest BCUT2D eigenvalue weighted by Crippen LogP contribution is -2.19. The van der Waals surface area contributed by atoms with Gasteiger partial charge in [0.05, 0.1) is 5.69 Å². The van der Waals surface area contributed by atoms with Gasteiger partial charge >= 0.3 is 0 Å². The van der Waals surface area contributed by atoms with Gasteiger partial charge in [-0.2, -0.15) is 5.10 Å². The van der Waals surface area contributed by atoms with E-state index in [1.807, 2.05) is 36.0 Å². The van der Waals surface area contributed by atoms with Crippen LogP contribution in [0.2, 0.25) is 0 Å². The van der Waals surface area contributed by atoms with E-state index in [1.165, 1.54) is 17.7 Å². The highest BCUT2D eigenvalue weighted by Crippen LogP contribution is 2.37. The van der Waals surface area contributed by atoms with Crippen LogP contribution in [-0.2, 0) is 13.5 Å². The quantitative estimate of drug-likeness (QED) is 0.808. The van der Waals surface area contributed by atoms with Crippen molar-refractivity contribution in [2.45, 2.75) is 25.2 Å². The number of hydrogen-bond donors (Lipinski definition) is 2. The predicted octanol–water partition coefficient (Wildman–Crippen LogP) is 2.05. The second-order valence-electron chi connectivity index (χ2n) is 5.28. The summed E-state index contributed by atoms with van der Waals surface area (Å²) in [5.74, 6) is 0.435. The Labute approximate surface area is 113 Å². The van der Waals surface area contributed by atoms with Gasteiger partial charge in [0.25, 0.3) is 0 Å². The second kappa shape index (κ2) is 4.70. The number of aromatic nitrogens is 2. The van der Waals surface area contributed by atoms with Crippen LogP contribution in [0.4, 0.5) is 5.69 Å². The first-order chi connectivity index (χ1) is 9.20. The van der Waals surface area contributed by atoms with Crippen LogP contribution >= 0.6 is 0 Å². The SMILES string of the molecule is Cn1nc(-c2ccc(N)cc2)c2c1CCCC2CN. The molecule has 0 radical (unpaired) electrons. The molecule has 4 nitrogen and oxygen atoms in total. The van der Waals surface area contributed by atoms with Gasteiger partial charge in [0.15, 0.2) is 0 Å². The van der Waals surface area contributed by atoms with E-state index in [4.69, 9.17) is 16.6 Å². The fourth-order valence-electron chi connectivity index (χ4n) is 3.05. The molecule has 1 aromatic heterocycles. The molecule has 0 saturated carbocycles. The molecule has 0 bridgehead atoms. The molecule has 1 atom stereocenters. The molecule has 1 aliphatic rings. The highest BCUT2D eigenvalue weighted by atomic mass is 15.3. The maximum atomic E-state index is 5.94. The molecule has 1 heterocycles. The summed E-state index contributed by atoms with van der Waals surface area (Å²) in [7, 11) is 2.03. The zero-order valence-electron chi connectivity index (χ0n) is 11.3. The van der Waals surface area contributed by atoms with Crippen LogP contribution in [0.1, 0.15) is 30.0 Å². The van der Waals surface area contributed by atoms with Gasteiger partial charge in [-0.25, -0.2) is 0 Å². The van der Waals surface area contributed by atoms with E-state index < -0.39 is 0 Å². The number of benzene rings is 1. The van der Waals surface area contributed by atoms with E-state index in [-0.39, 0.29) is 0 Å². The average molecular weight is 256 g/mol. The molecule has 0 amide bonds. The summed E-state index contributed by atoms with van der Waals surface area (Å²) >= 11 is 0. The molecule has 0 saturated heterocycles. The minimum absolute atomic E-state index is 0.435. The van der Waals surface area contributed by atoms with Crippen LogP contribution in [0.25, 0.3) is 11.3 Å². The largest absolute Gasteiger partial charge is 0.399 e. The first kappa shape index (κ1) is 12.2. The summed E-state index contributed by atoms with van der Waals surface area (Å²) < 4.78 is 2.02. The summed E-state index contributed by atoms with van der Waals surface area (Å²) in [6.45, 7) is 0.695. The van der Waals surface area contributed by atoms with Crippen molar-refractivity contribution in [1.29, 1.82) is 0 Å². The number of nitrogens with two attached hydrogens (primary N) is 2. The van der Waals surface area contributed by atoms with Crippen LogP contribution in [0.15, 0.2) is 24.3 Å². The fourth-order valence-corrected chi connectivity index (χ4v) is 3.05. The Kier molecular flexibility index (Phi) is 3.03. The molecule has 100 valence electrons. The summed E-state index contributed by atoms with van der Waals surface area (Å²) in [6, 6.07) is 7.94. The molecule has 19 heavy (non-hydrogen) atoms. The molecule has 1 unspecified atom stereocenters. The topological polar surface area (TPSA) is 69.9 Å². The number of fused-ring (bicyclic) bond motifs is 1. The maximum absolute atomic E-state index is 5.94. The predicted molar refractivity (Wildman–Crippen MR) is 77.8 cm³/mol. The van der Waals surface area contributed by atoms with Crippen LogP contribution < -0.4 is 11.5 Å². The lowest BCUT2D eigenvalue weighted by molar-refractivity contribution is 0.541. The Balaban J connectivity index is 2.14. The van der Waals surface area contributed by atoms with Gasteiger partial charge < -0.3 is 11.5 Å². The molecule has 4 N–H and O–H groups in total. The molecule has 0 fully saturated rings. The molecule has 0 aliphatic heterocycles. The Morgan fingerprint density at radius 3 is 2.74 bits per heavy atom. The fraction of sp³-hybridized carbons (Fsp3) is 0.400. The average Bonchev–Trinajstić information content (AvgIpc) is 2.77. The van der Waals surface area contributed by atoms with Crippen LogP contribution in [-0.4, -0.2) is 16.3 Å². The number of aryl methyl sites for hydroxylation is 1. The van der Waals surface area contributed by atoms with E-state index in [2.05, 4.69) is 0 Å². The highest BCUT2D eigenvalue weighted by Gasteiger charge is 2.27. The molecule has 0 spiro atoms. The highest BCUT2D eigenvalue weighted by molar-refractivity contribution is 5.67. The van der Waals surface area contributed by atoms with Gasteiger partial charge in [0.2, 0.25) is 0 Å². The molecular weight excluding hydrogens is 236 g/mol. The number of rotatable bonds is 2. The first-order valence-electron chi connectivity index (χ1n) is 6.82. The first-order valence-corrected chi connectivity index (χ1v) is 6.82. The Morgan fingerprint density at radius 2 is 2.05 bits per heavy atom. The number of nitrogen functional groups attached to an aromatic ring is 1. The lowest BCUT2D eigenvalue weighted by Gasteiger charge is -2.22. The van der Waals surface area contributed by atoms with Crippen molar-refractivity contribution in [2.24, 2.45) is 12.8 Å². The van der Waals surface area contributed by atoms with Crippen molar-refractivity contribution >= 4 is 5.69 Å². The Hall–Kier alpha value is -1.81. The van der Waals surface area contributed by atoms with E-state index in [9.17, 15) is 0 Å². The van der Waals surface area contributed by atoms with Crippen LogP contribution in [0.3, 0.4) is 0 Å². The van der Waals surface area contributed by atoms with Crippen LogP contribution in [0.5, 0.6) is 0 Å². The van der Waals surface area contributed by atoms with Crippen molar-refractivity contribution in [3.8, 4) is 11.3 Å². The Morgan fingerprint density at radius 1 is 1.32 bits per heavy atom.